The van der Waals surface area contributed by atoms with Gasteiger partial charge in [-0.2, -0.15) is 0 Å². The van der Waals surface area contributed by atoms with Crippen molar-refractivity contribution in [3.63, 3.8) is 0 Å². The van der Waals surface area contributed by atoms with Crippen molar-refractivity contribution in [1.29, 1.82) is 0 Å². The number of rotatable bonds is 1. The molecule has 10 heavy (non-hydrogen) atoms. The number of benzene rings is 1. The quantitative estimate of drug-likeness (QED) is 0.626. The van der Waals surface area contributed by atoms with Gasteiger partial charge in [0.05, 0.1) is 5.56 Å². The van der Waals surface area contributed by atoms with E-state index in [1.54, 1.807) is 0 Å². The molecular weight excluding hydrogens is 132 g/mol. The van der Waals surface area contributed by atoms with Crippen molar-refractivity contribution in [3.8, 4) is 5.75 Å². The van der Waals surface area contributed by atoms with Gasteiger partial charge in [-0.3, -0.25) is 0 Å². The Kier molecular flexibility index (Phi) is 1.58. The van der Waals surface area contributed by atoms with Gasteiger partial charge in [-0.1, -0.05) is 0 Å². The van der Waals surface area contributed by atoms with E-state index in [9.17, 15) is 9.90 Å². The summed E-state index contributed by atoms with van der Waals surface area (Å²) in [5.74, 6) is -1.19. The number of hydrogen-bond acceptors (Lipinski definition) is 2. The smallest absolute Gasteiger partial charge is 0.386 e. The van der Waals surface area contributed by atoms with Crippen LogP contribution < -0.4 is 0 Å². The van der Waals surface area contributed by atoms with Crippen LogP contribution in [0.5, 0.6) is 5.75 Å². The SMILES string of the molecule is [O]C(=O)c1ccc(O)cc1. The van der Waals surface area contributed by atoms with Crippen molar-refractivity contribution in [3.05, 3.63) is 29.8 Å². The zero-order valence-corrected chi connectivity index (χ0v) is 5.07. The molecule has 1 aromatic rings. The lowest BCUT2D eigenvalue weighted by molar-refractivity contribution is 0.0573. The summed E-state index contributed by atoms with van der Waals surface area (Å²) >= 11 is 0. The van der Waals surface area contributed by atoms with Crippen LogP contribution in [0, 0.1) is 0 Å². The fourth-order valence-corrected chi connectivity index (χ4v) is 0.598. The second-order valence-corrected chi connectivity index (χ2v) is 1.83. The highest BCUT2D eigenvalue weighted by Gasteiger charge is 2.02. The predicted molar refractivity (Wildman–Crippen MR) is 33.1 cm³/mol. The summed E-state index contributed by atoms with van der Waals surface area (Å²) in [4.78, 5) is 10.1. The predicted octanol–water partition coefficient (Wildman–Crippen LogP) is 0.963. The third-order valence-corrected chi connectivity index (χ3v) is 1.10. The highest BCUT2D eigenvalue weighted by atomic mass is 16.4. The molecule has 0 saturated heterocycles. The molecular formula is C7H5O3. The Morgan fingerprint density at radius 3 is 2.10 bits per heavy atom. The molecule has 0 aromatic heterocycles. The molecule has 0 aliphatic rings. The van der Waals surface area contributed by atoms with E-state index in [1.807, 2.05) is 0 Å². The zero-order valence-electron chi connectivity index (χ0n) is 5.07. The van der Waals surface area contributed by atoms with Crippen LogP contribution in [-0.2, 0) is 5.11 Å². The molecule has 0 aliphatic heterocycles. The fourth-order valence-electron chi connectivity index (χ4n) is 0.598. The monoisotopic (exact) mass is 137 g/mol. The average Bonchev–Trinajstić information content (AvgIpc) is 1.88. The van der Waals surface area contributed by atoms with Crippen molar-refractivity contribution >= 4 is 5.97 Å². The standard InChI is InChI=1S/C7H5O3/c8-6-3-1-5(2-4-6)7(9)10/h1-4,8H. The first-order chi connectivity index (χ1) is 4.70. The van der Waals surface area contributed by atoms with Crippen molar-refractivity contribution < 1.29 is 15.0 Å². The molecule has 1 rings (SSSR count). The summed E-state index contributed by atoms with van der Waals surface area (Å²) < 4.78 is 0. The van der Waals surface area contributed by atoms with E-state index in [4.69, 9.17) is 5.11 Å². The Morgan fingerprint density at radius 1 is 1.20 bits per heavy atom. The molecule has 0 unspecified atom stereocenters. The molecule has 0 fully saturated rings. The third kappa shape index (κ3) is 1.25. The van der Waals surface area contributed by atoms with E-state index < -0.39 is 5.97 Å². The third-order valence-electron chi connectivity index (χ3n) is 1.10. The molecule has 0 atom stereocenters. The van der Waals surface area contributed by atoms with Gasteiger partial charge in [0.1, 0.15) is 5.75 Å². The van der Waals surface area contributed by atoms with E-state index >= 15 is 0 Å². The number of carbonyl (C=O) groups excluding carboxylic acids is 1. The molecule has 51 valence electrons. The minimum absolute atomic E-state index is 0.0463. The van der Waals surface area contributed by atoms with E-state index in [-0.39, 0.29) is 11.3 Å². The largest absolute Gasteiger partial charge is 0.508 e. The summed E-state index contributed by atoms with van der Waals surface area (Å²) in [6, 6.07) is 5.16. The lowest BCUT2D eigenvalue weighted by Gasteiger charge is -1.90. The highest BCUT2D eigenvalue weighted by Crippen LogP contribution is 2.08. The lowest BCUT2D eigenvalue weighted by Crippen LogP contribution is -1.91. The number of phenolic OH excluding ortho intramolecular Hbond substituents is 1. The first-order valence-electron chi connectivity index (χ1n) is 2.70. The van der Waals surface area contributed by atoms with E-state index in [0.29, 0.717) is 0 Å². The van der Waals surface area contributed by atoms with Gasteiger partial charge >= 0.3 is 5.97 Å². The number of aromatic hydroxyl groups is 1. The maximum Gasteiger partial charge on any atom is 0.386 e. The number of hydrogen-bond donors (Lipinski definition) is 1. The summed E-state index contributed by atoms with van der Waals surface area (Å²) in [5, 5.41) is 18.8. The zero-order chi connectivity index (χ0) is 7.56. The molecule has 3 heteroatoms. The molecule has 0 spiro atoms. The highest BCUT2D eigenvalue weighted by molar-refractivity contribution is 5.87. The maximum absolute atomic E-state index is 10.1. The van der Waals surface area contributed by atoms with Crippen LogP contribution in [0.3, 0.4) is 0 Å². The average molecular weight is 137 g/mol. The van der Waals surface area contributed by atoms with Gasteiger partial charge in [-0.15, -0.1) is 0 Å². The maximum atomic E-state index is 10.1. The first-order valence-corrected chi connectivity index (χ1v) is 2.70. The van der Waals surface area contributed by atoms with Crippen LogP contribution in [0.2, 0.25) is 0 Å². The van der Waals surface area contributed by atoms with Crippen LogP contribution >= 0.6 is 0 Å². The molecule has 0 aliphatic carbocycles. The lowest BCUT2D eigenvalue weighted by atomic mass is 10.2. The summed E-state index contributed by atoms with van der Waals surface area (Å²) in [5.41, 5.74) is 0.0674. The topological polar surface area (TPSA) is 57.2 Å². The van der Waals surface area contributed by atoms with Crippen LogP contribution in [0.15, 0.2) is 24.3 Å². The van der Waals surface area contributed by atoms with Crippen molar-refractivity contribution in [1.82, 2.24) is 0 Å². The second-order valence-electron chi connectivity index (χ2n) is 1.83. The Hall–Kier alpha value is -1.51. The Balaban J connectivity index is 3.00. The van der Waals surface area contributed by atoms with Gasteiger partial charge in [0.2, 0.25) is 0 Å². The number of phenols is 1. The van der Waals surface area contributed by atoms with E-state index in [0.717, 1.165) is 0 Å². The molecule has 1 N–H and O–H groups in total. The van der Waals surface area contributed by atoms with Crippen LogP contribution in [-0.4, -0.2) is 11.1 Å². The normalized spacial score (nSPS) is 9.20. The molecule has 0 saturated carbocycles. The van der Waals surface area contributed by atoms with Crippen LogP contribution in [0.25, 0.3) is 0 Å². The molecule has 0 heterocycles. The second kappa shape index (κ2) is 2.39. The minimum atomic E-state index is -1.24. The fraction of sp³-hybridized carbons (Fsp3) is 0. The van der Waals surface area contributed by atoms with Gasteiger partial charge in [-0.25, -0.2) is 9.90 Å². The Bertz CT molecular complexity index is 238. The summed E-state index contributed by atoms with van der Waals surface area (Å²) in [6.07, 6.45) is 0. The summed E-state index contributed by atoms with van der Waals surface area (Å²) in [7, 11) is 0. The van der Waals surface area contributed by atoms with Gasteiger partial charge in [0.15, 0.2) is 0 Å². The first kappa shape index (κ1) is 6.61. The van der Waals surface area contributed by atoms with Crippen molar-refractivity contribution in [2.24, 2.45) is 0 Å². The molecule has 1 aromatic carbocycles. The summed E-state index contributed by atoms with van der Waals surface area (Å²) in [6.45, 7) is 0. The Morgan fingerprint density at radius 2 is 1.70 bits per heavy atom. The molecule has 1 radical (unpaired) electrons. The van der Waals surface area contributed by atoms with Crippen molar-refractivity contribution in [2.45, 2.75) is 0 Å². The van der Waals surface area contributed by atoms with Crippen LogP contribution in [0.1, 0.15) is 10.4 Å². The van der Waals surface area contributed by atoms with Crippen molar-refractivity contribution in [2.75, 3.05) is 0 Å². The molecule has 0 bridgehead atoms. The van der Waals surface area contributed by atoms with Gasteiger partial charge in [0, 0.05) is 0 Å². The minimum Gasteiger partial charge on any atom is -0.508 e. The molecule has 3 nitrogen and oxygen atoms in total. The van der Waals surface area contributed by atoms with E-state index in [2.05, 4.69) is 0 Å². The van der Waals surface area contributed by atoms with Gasteiger partial charge in [-0.05, 0) is 24.3 Å². The molecule has 0 amide bonds. The van der Waals surface area contributed by atoms with E-state index in [1.165, 1.54) is 24.3 Å². The van der Waals surface area contributed by atoms with Crippen LogP contribution in [0.4, 0.5) is 0 Å². The number of carbonyl (C=O) groups is 1. The van der Waals surface area contributed by atoms with Gasteiger partial charge in [0.25, 0.3) is 0 Å². The Labute approximate surface area is 57.5 Å². The van der Waals surface area contributed by atoms with Gasteiger partial charge < -0.3 is 5.11 Å².